The molecule has 1 atom stereocenters. The molecule has 0 radical (unpaired) electrons. The van der Waals surface area contributed by atoms with E-state index in [4.69, 9.17) is 0 Å². The van der Waals surface area contributed by atoms with Gasteiger partial charge < -0.3 is 10.0 Å². The number of nitrogens with zero attached hydrogens (tertiary/aromatic N) is 1. The smallest absolute Gasteiger partial charge is 0.311 e. The first-order chi connectivity index (χ1) is 8.49. The van der Waals surface area contributed by atoms with Crippen LogP contribution in [-0.2, 0) is 4.79 Å². The Kier molecular flexibility index (Phi) is 3.39. The van der Waals surface area contributed by atoms with Gasteiger partial charge in [0.1, 0.15) is 5.82 Å². The Hall–Kier alpha value is -1.42. The molecule has 18 heavy (non-hydrogen) atoms. The lowest BCUT2D eigenvalue weighted by Crippen LogP contribution is -2.48. The van der Waals surface area contributed by atoms with Crippen LogP contribution >= 0.6 is 0 Å². The van der Waals surface area contributed by atoms with Gasteiger partial charge in [-0.15, -0.1) is 0 Å². The van der Waals surface area contributed by atoms with Crippen molar-refractivity contribution in [2.75, 3.05) is 14.1 Å². The highest BCUT2D eigenvalue weighted by Gasteiger charge is 2.52. The number of carbonyl (C=O) groups is 1. The molecule has 0 aliphatic heterocycles. The highest BCUT2D eigenvalue weighted by molar-refractivity contribution is 5.77. The number of benzene rings is 1. The summed E-state index contributed by atoms with van der Waals surface area (Å²) in [6.45, 7) is 0. The molecule has 1 saturated carbocycles. The Balaban J connectivity index is 2.47. The van der Waals surface area contributed by atoms with Crippen LogP contribution in [0.15, 0.2) is 24.3 Å². The van der Waals surface area contributed by atoms with Gasteiger partial charge in [0, 0.05) is 5.56 Å². The summed E-state index contributed by atoms with van der Waals surface area (Å²) in [5.74, 6) is -1.15. The maximum absolute atomic E-state index is 13.9. The predicted octanol–water partition coefficient (Wildman–Crippen LogP) is 2.68. The van der Waals surface area contributed by atoms with Crippen LogP contribution in [0.3, 0.4) is 0 Å². The van der Waals surface area contributed by atoms with Gasteiger partial charge in [-0.05, 0) is 33.0 Å². The van der Waals surface area contributed by atoms with E-state index in [1.165, 1.54) is 6.07 Å². The lowest BCUT2D eigenvalue weighted by atomic mass is 9.62. The van der Waals surface area contributed by atoms with Gasteiger partial charge in [0.15, 0.2) is 0 Å². The van der Waals surface area contributed by atoms with E-state index < -0.39 is 17.4 Å². The molecule has 2 rings (SSSR count). The van der Waals surface area contributed by atoms with Gasteiger partial charge in [-0.2, -0.15) is 0 Å². The number of halogens is 1. The fourth-order valence-electron chi connectivity index (χ4n) is 2.93. The van der Waals surface area contributed by atoms with Crippen molar-refractivity contribution in [3.63, 3.8) is 0 Å². The van der Waals surface area contributed by atoms with Gasteiger partial charge in [0.25, 0.3) is 0 Å². The van der Waals surface area contributed by atoms with Crippen LogP contribution in [0.4, 0.5) is 4.39 Å². The molecule has 98 valence electrons. The van der Waals surface area contributed by atoms with Gasteiger partial charge in [-0.3, -0.25) is 4.79 Å². The van der Waals surface area contributed by atoms with E-state index in [-0.39, 0.29) is 5.82 Å². The molecule has 0 bridgehead atoms. The quantitative estimate of drug-likeness (QED) is 0.894. The van der Waals surface area contributed by atoms with E-state index in [0.29, 0.717) is 18.4 Å². The number of aliphatic carboxylic acids is 1. The lowest BCUT2D eigenvalue weighted by molar-refractivity contribution is -0.161. The minimum absolute atomic E-state index is 0.330. The Morgan fingerprint density at radius 2 is 2.00 bits per heavy atom. The third kappa shape index (κ3) is 1.90. The van der Waals surface area contributed by atoms with Gasteiger partial charge in [-0.25, -0.2) is 4.39 Å². The third-order valence-electron chi connectivity index (χ3n) is 3.91. The van der Waals surface area contributed by atoms with Crippen molar-refractivity contribution in [2.24, 2.45) is 5.41 Å². The average Bonchev–Trinajstić information content (AvgIpc) is 2.23. The van der Waals surface area contributed by atoms with Crippen LogP contribution in [-0.4, -0.2) is 30.1 Å². The number of rotatable bonds is 4. The van der Waals surface area contributed by atoms with Crippen LogP contribution in [0.2, 0.25) is 0 Å². The second-order valence-corrected chi connectivity index (χ2v) is 5.20. The van der Waals surface area contributed by atoms with Gasteiger partial charge in [-0.1, -0.05) is 24.6 Å². The third-order valence-corrected chi connectivity index (χ3v) is 3.91. The standard InChI is InChI=1S/C14H18FNO2/c1-16(2)12(10-6-3-4-7-11(10)15)14(13(17)18)8-5-9-14/h3-4,6-7,12H,5,8-9H2,1-2H3,(H,17,18). The molecule has 1 fully saturated rings. The van der Waals surface area contributed by atoms with E-state index in [1.54, 1.807) is 32.3 Å². The van der Waals surface area contributed by atoms with E-state index in [0.717, 1.165) is 6.42 Å². The SMILES string of the molecule is CN(C)C(c1ccccc1F)C1(C(=O)O)CCC1. The molecule has 1 aliphatic carbocycles. The Bertz CT molecular complexity index is 455. The van der Waals surface area contributed by atoms with Crippen molar-refractivity contribution in [3.05, 3.63) is 35.6 Å². The first kappa shape index (κ1) is 13.0. The zero-order chi connectivity index (χ0) is 13.3. The number of hydrogen-bond donors (Lipinski definition) is 1. The monoisotopic (exact) mass is 251 g/mol. The second kappa shape index (κ2) is 4.69. The normalized spacial score (nSPS) is 19.3. The van der Waals surface area contributed by atoms with E-state index in [9.17, 15) is 14.3 Å². The topological polar surface area (TPSA) is 40.5 Å². The maximum atomic E-state index is 13.9. The summed E-state index contributed by atoms with van der Waals surface area (Å²) < 4.78 is 13.9. The molecule has 1 unspecified atom stereocenters. The molecule has 1 aliphatic rings. The molecular formula is C14H18FNO2. The predicted molar refractivity (Wildman–Crippen MR) is 66.7 cm³/mol. The summed E-state index contributed by atoms with van der Waals surface area (Å²) in [4.78, 5) is 13.4. The molecular weight excluding hydrogens is 233 g/mol. The van der Waals surface area contributed by atoms with Crippen molar-refractivity contribution < 1.29 is 14.3 Å². The van der Waals surface area contributed by atoms with E-state index in [1.807, 2.05) is 4.90 Å². The molecule has 1 N–H and O–H groups in total. The number of carboxylic acids is 1. The number of carboxylic acid groups (broad SMARTS) is 1. The fraction of sp³-hybridized carbons (Fsp3) is 0.500. The largest absolute Gasteiger partial charge is 0.481 e. The van der Waals surface area contributed by atoms with Crippen molar-refractivity contribution in [1.29, 1.82) is 0 Å². The maximum Gasteiger partial charge on any atom is 0.311 e. The summed E-state index contributed by atoms with van der Waals surface area (Å²) in [7, 11) is 3.61. The van der Waals surface area contributed by atoms with Crippen LogP contribution in [0, 0.1) is 11.2 Å². The zero-order valence-corrected chi connectivity index (χ0v) is 10.7. The summed E-state index contributed by atoms with van der Waals surface area (Å²) in [5, 5.41) is 9.51. The van der Waals surface area contributed by atoms with Gasteiger partial charge in [0.2, 0.25) is 0 Å². The molecule has 3 nitrogen and oxygen atoms in total. The van der Waals surface area contributed by atoms with Crippen LogP contribution < -0.4 is 0 Å². The summed E-state index contributed by atoms with van der Waals surface area (Å²) in [6, 6.07) is 6.04. The molecule has 0 aromatic heterocycles. The Morgan fingerprint density at radius 1 is 1.39 bits per heavy atom. The van der Waals surface area contributed by atoms with E-state index in [2.05, 4.69) is 0 Å². The van der Waals surface area contributed by atoms with Crippen molar-refractivity contribution >= 4 is 5.97 Å². The molecule has 1 aromatic carbocycles. The number of hydrogen-bond acceptors (Lipinski definition) is 2. The fourth-order valence-corrected chi connectivity index (χ4v) is 2.93. The molecule has 0 spiro atoms. The lowest BCUT2D eigenvalue weighted by Gasteiger charge is -2.47. The summed E-state index contributed by atoms with van der Waals surface area (Å²) in [6.07, 6.45) is 2.12. The zero-order valence-electron chi connectivity index (χ0n) is 10.7. The highest BCUT2D eigenvalue weighted by atomic mass is 19.1. The van der Waals surface area contributed by atoms with Gasteiger partial charge in [0.05, 0.1) is 11.5 Å². The molecule has 0 amide bonds. The minimum atomic E-state index is -0.842. The first-order valence-corrected chi connectivity index (χ1v) is 6.13. The van der Waals surface area contributed by atoms with E-state index >= 15 is 0 Å². The Morgan fingerprint density at radius 3 is 2.39 bits per heavy atom. The molecule has 1 aromatic rings. The van der Waals surface area contributed by atoms with Crippen molar-refractivity contribution in [1.82, 2.24) is 4.90 Å². The van der Waals surface area contributed by atoms with Crippen LogP contribution in [0.5, 0.6) is 0 Å². The molecule has 0 saturated heterocycles. The van der Waals surface area contributed by atoms with Crippen molar-refractivity contribution in [3.8, 4) is 0 Å². The van der Waals surface area contributed by atoms with Crippen LogP contribution in [0.1, 0.15) is 30.9 Å². The summed E-state index contributed by atoms with van der Waals surface area (Å²) >= 11 is 0. The Labute approximate surface area is 106 Å². The molecule has 4 heteroatoms. The second-order valence-electron chi connectivity index (χ2n) is 5.20. The van der Waals surface area contributed by atoms with Gasteiger partial charge >= 0.3 is 5.97 Å². The minimum Gasteiger partial charge on any atom is -0.481 e. The molecule has 0 heterocycles. The average molecular weight is 251 g/mol. The highest BCUT2D eigenvalue weighted by Crippen LogP contribution is 2.52. The first-order valence-electron chi connectivity index (χ1n) is 6.13. The summed E-state index contributed by atoms with van der Waals surface area (Å²) in [5.41, 5.74) is -0.365. The van der Waals surface area contributed by atoms with Crippen LogP contribution in [0.25, 0.3) is 0 Å². The van der Waals surface area contributed by atoms with Crippen molar-refractivity contribution in [2.45, 2.75) is 25.3 Å².